The second kappa shape index (κ2) is 31.1. The van der Waals surface area contributed by atoms with Crippen LogP contribution in [0.3, 0.4) is 0 Å². The van der Waals surface area contributed by atoms with E-state index in [0.717, 1.165) is 11.1 Å². The molecule has 34 atom stereocenters. The number of hydrogen-bond donors (Lipinski definition) is 10. The number of fused-ring (bicyclic) bond motifs is 5. The van der Waals surface area contributed by atoms with Gasteiger partial charge < -0.3 is 132 Å². The zero-order valence-electron chi connectivity index (χ0n) is 58.3. The van der Waals surface area contributed by atoms with Crippen LogP contribution < -0.4 is 0 Å². The molecule has 0 spiro atoms. The summed E-state index contributed by atoms with van der Waals surface area (Å²) in [7, 11) is 6.25. The third-order valence-electron chi connectivity index (χ3n) is 23.8. The molecular formula is C70H106O29. The number of ketones is 1. The molecule has 1 aromatic carbocycles. The van der Waals surface area contributed by atoms with E-state index in [9.17, 15) is 60.7 Å². The van der Waals surface area contributed by atoms with E-state index in [1.807, 2.05) is 57.2 Å². The number of aliphatic hydroxyl groups excluding tert-OH is 7. The Morgan fingerprint density at radius 1 is 0.556 bits per heavy atom. The Morgan fingerprint density at radius 3 is 1.51 bits per heavy atom. The molecule has 99 heavy (non-hydrogen) atoms. The third kappa shape index (κ3) is 14.4. The second-order valence-electron chi connectivity index (χ2n) is 29.2. The highest BCUT2D eigenvalue weighted by atomic mass is 16.8. The molecule has 3 saturated carbocycles. The topological polar surface area (TPSA) is 393 Å². The first-order valence-corrected chi connectivity index (χ1v) is 34.9. The molecule has 10 N–H and O–H groups in total. The molecule has 11 rings (SSSR count). The van der Waals surface area contributed by atoms with Gasteiger partial charge in [0.25, 0.3) is 0 Å². The van der Waals surface area contributed by atoms with E-state index < -0.39 is 224 Å². The van der Waals surface area contributed by atoms with Crippen molar-refractivity contribution in [3.8, 4) is 0 Å². The molecule has 0 aromatic heterocycles. The normalized spacial score (nSPS) is 49.5. The van der Waals surface area contributed by atoms with Gasteiger partial charge in [-0.25, -0.2) is 4.79 Å². The van der Waals surface area contributed by atoms with Crippen molar-refractivity contribution in [3.05, 3.63) is 53.6 Å². The maximum atomic E-state index is 13.7. The zero-order chi connectivity index (χ0) is 71.4. The molecular weight excluding hydrogens is 1300 g/mol. The highest BCUT2D eigenvalue weighted by molar-refractivity contribution is 5.89. The van der Waals surface area contributed by atoms with E-state index in [4.69, 9.17) is 80.5 Å². The average Bonchev–Trinajstić information content (AvgIpc) is 1.60. The molecule has 9 fully saturated rings. The van der Waals surface area contributed by atoms with Crippen LogP contribution in [-0.2, 0) is 90.1 Å². The first kappa shape index (κ1) is 76.9. The van der Waals surface area contributed by atoms with Crippen LogP contribution >= 0.6 is 0 Å². The number of hydrogen-bond acceptors (Lipinski definition) is 29. The summed E-state index contributed by atoms with van der Waals surface area (Å²) in [6.45, 7) is 10.8. The Bertz CT molecular complexity index is 2930. The zero-order valence-corrected chi connectivity index (χ0v) is 58.3. The lowest BCUT2D eigenvalue weighted by atomic mass is 9.42. The Balaban J connectivity index is 0.658. The Hall–Kier alpha value is -3.20. The Morgan fingerprint density at radius 2 is 1.02 bits per heavy atom. The lowest BCUT2D eigenvalue weighted by Crippen LogP contribution is -2.78. The number of ether oxygens (including phenoxy) is 17. The van der Waals surface area contributed by atoms with Crippen molar-refractivity contribution >= 4 is 17.8 Å². The SMILES string of the molecule is CO[C@H]1C[C@H](O[C@H]2[C@@H](OC)C[C@H](O[C@H]3CC[C@@]4(C)C(=CC[C@]5(O)[C@@H]4CC(OC(=O)/C=C/c4ccccc4)[C@@]4(C)[C@]5(O)CC[C@]4(O)C(C)=O)C3)O[C@@H]2C)O[C@@H](C)[C@H]1O[C@H]1C[C@H](OC)[C@H](O[C@H]2C[C@@H](OC)[C@@H](O[C@@H]3O[C@H](CO)[C@@H](O[C@@H]4O[C@H](CO)[C@@H](O)[C@H](O)[C@H]4O)[C@H](O)[C@H]3O)[C@H](C)O2)[C@@H](C)O1. The monoisotopic (exact) mass is 1410 g/mol. The minimum absolute atomic E-state index is 0.0547. The first-order chi connectivity index (χ1) is 47.0. The van der Waals surface area contributed by atoms with Gasteiger partial charge in [0.15, 0.2) is 43.5 Å². The number of esters is 1. The second-order valence-corrected chi connectivity index (χ2v) is 29.2. The fourth-order valence-corrected chi connectivity index (χ4v) is 18.0. The van der Waals surface area contributed by atoms with Gasteiger partial charge in [0.05, 0.1) is 73.6 Å². The van der Waals surface area contributed by atoms with Gasteiger partial charge in [0, 0.05) is 66.1 Å². The quantitative estimate of drug-likeness (QED) is 0.0438. The maximum absolute atomic E-state index is 13.7. The van der Waals surface area contributed by atoms with Crippen LogP contribution in [0.2, 0.25) is 0 Å². The molecule has 1 aromatic rings. The van der Waals surface area contributed by atoms with Gasteiger partial charge in [-0.2, -0.15) is 0 Å². The number of carbonyl (C=O) groups is 2. The van der Waals surface area contributed by atoms with Crippen LogP contribution in [0.1, 0.15) is 125 Å². The predicted molar refractivity (Wildman–Crippen MR) is 341 cm³/mol. The van der Waals surface area contributed by atoms with Gasteiger partial charge in [-0.05, 0) is 104 Å². The van der Waals surface area contributed by atoms with Crippen LogP contribution in [0.4, 0.5) is 0 Å². The minimum Gasteiger partial charge on any atom is -0.458 e. The van der Waals surface area contributed by atoms with Crippen LogP contribution in [0, 0.1) is 16.7 Å². The highest BCUT2D eigenvalue weighted by Crippen LogP contribution is 2.71. The van der Waals surface area contributed by atoms with Crippen molar-refractivity contribution in [2.75, 3.05) is 41.7 Å². The number of benzene rings is 1. The molecule has 29 nitrogen and oxygen atoms in total. The predicted octanol–water partition coefficient (Wildman–Crippen LogP) is 0.884. The van der Waals surface area contributed by atoms with E-state index in [2.05, 4.69) is 6.92 Å². The van der Waals surface area contributed by atoms with Crippen LogP contribution in [-0.4, -0.2) is 293 Å². The van der Waals surface area contributed by atoms with E-state index in [1.165, 1.54) is 20.1 Å². The smallest absolute Gasteiger partial charge is 0.331 e. The molecule has 1 unspecified atom stereocenters. The van der Waals surface area contributed by atoms with Gasteiger partial charge in [0.2, 0.25) is 0 Å². The third-order valence-corrected chi connectivity index (χ3v) is 23.8. The van der Waals surface area contributed by atoms with Crippen molar-refractivity contribution < 1.29 is 141 Å². The van der Waals surface area contributed by atoms with Crippen molar-refractivity contribution in [3.63, 3.8) is 0 Å². The number of aliphatic hydroxyl groups is 10. The van der Waals surface area contributed by atoms with Gasteiger partial charge in [-0.15, -0.1) is 0 Å². The lowest BCUT2D eigenvalue weighted by Gasteiger charge is -2.67. The van der Waals surface area contributed by atoms with Crippen molar-refractivity contribution in [1.29, 1.82) is 0 Å². The highest BCUT2D eigenvalue weighted by Gasteiger charge is 2.81. The van der Waals surface area contributed by atoms with Crippen LogP contribution in [0.25, 0.3) is 6.08 Å². The molecule has 10 aliphatic rings. The molecule has 560 valence electrons. The molecule has 4 aliphatic carbocycles. The summed E-state index contributed by atoms with van der Waals surface area (Å²) < 4.78 is 106. The first-order valence-electron chi connectivity index (χ1n) is 34.9. The molecule has 0 amide bonds. The van der Waals surface area contributed by atoms with Gasteiger partial charge in [-0.1, -0.05) is 48.9 Å². The van der Waals surface area contributed by atoms with E-state index in [-0.39, 0.29) is 44.6 Å². The maximum Gasteiger partial charge on any atom is 0.331 e. The number of methoxy groups -OCH3 is 4. The molecule has 29 heteroatoms. The number of Topliss-reactive ketones (excluding diaryl/α,β-unsaturated/α-hetero) is 1. The minimum atomic E-state index is -2.07. The Kier molecular flexibility index (Phi) is 24.2. The summed E-state index contributed by atoms with van der Waals surface area (Å²) >= 11 is 0. The lowest BCUT2D eigenvalue weighted by molar-refractivity contribution is -0.376. The summed E-state index contributed by atoms with van der Waals surface area (Å²) in [5, 5.41) is 112. The van der Waals surface area contributed by atoms with Gasteiger partial charge >= 0.3 is 5.97 Å². The Labute approximate surface area is 577 Å². The summed E-state index contributed by atoms with van der Waals surface area (Å²) in [6, 6.07) is 9.24. The number of rotatable bonds is 22. The fraction of sp³-hybridized carbons (Fsp3) is 0.829. The standard InChI is InChI=1S/C70H106O29/c1-33-59(41(83-8)26-50(87-33)91-40-20-21-66(6)39(25-40)19-22-69(81)47(66)30-48(94-49(74)18-17-38-15-13-12-14-16-38)67(7)68(80,37(5)73)23-24-70(67,69)82)95-51-27-42(84-9)60(34(2)88-51)96-52-28-43(85-10)61(35(3)89-52)97-53-29-44(86-11)62(36(4)90-53)98-65-58(79)56(77)63(46(32-72)93-65)99-64-57(78)55(76)54(75)45(31-71)92-64/h12-19,33-36,40-48,50-65,71-72,75-82H,20-32H2,1-11H3/b18-17+/t33-,34+,35-,36+,40+,41+,42+,43+,44-,45-,46-,47-,48?,50+,51+,52+,53+,54-,55+,56-,57-,58-,59-,60-,61-,62+,63-,64+,65+,66+,67-,68+,69+,70-/m1/s1. The molecule has 6 aliphatic heterocycles. The summed E-state index contributed by atoms with van der Waals surface area (Å²) in [5.74, 6) is -1.88. The summed E-state index contributed by atoms with van der Waals surface area (Å²) in [6.07, 6.45) is -20.6. The van der Waals surface area contributed by atoms with Gasteiger partial charge in [0.1, 0.15) is 96.2 Å². The number of carbonyl (C=O) groups excluding carboxylic acids is 2. The molecule has 0 radical (unpaired) electrons. The molecule has 6 saturated heterocycles. The molecule has 0 bridgehead atoms. The van der Waals surface area contributed by atoms with E-state index in [0.29, 0.717) is 32.1 Å². The average molecular weight is 1410 g/mol. The van der Waals surface area contributed by atoms with Crippen molar-refractivity contribution in [2.45, 2.75) is 308 Å². The van der Waals surface area contributed by atoms with E-state index in [1.54, 1.807) is 41.3 Å². The van der Waals surface area contributed by atoms with Crippen LogP contribution in [0.15, 0.2) is 48.1 Å². The van der Waals surface area contributed by atoms with E-state index >= 15 is 0 Å². The fourth-order valence-electron chi connectivity index (χ4n) is 18.0. The molecule has 6 heterocycles. The van der Waals surface area contributed by atoms with Crippen LogP contribution in [0.5, 0.6) is 0 Å². The van der Waals surface area contributed by atoms with Crippen molar-refractivity contribution in [2.24, 2.45) is 16.7 Å². The van der Waals surface area contributed by atoms with Crippen molar-refractivity contribution in [1.82, 2.24) is 0 Å². The van der Waals surface area contributed by atoms with Gasteiger partial charge in [-0.3, -0.25) is 4.79 Å². The summed E-state index contributed by atoms with van der Waals surface area (Å²) in [4.78, 5) is 27.1. The largest absolute Gasteiger partial charge is 0.458 e. The summed E-state index contributed by atoms with van der Waals surface area (Å²) in [5.41, 5.74) is -6.45.